The van der Waals surface area contributed by atoms with Gasteiger partial charge in [-0.15, -0.1) is 0 Å². The highest BCUT2D eigenvalue weighted by Crippen LogP contribution is 2.06. The number of rotatable bonds is 2. The van der Waals surface area contributed by atoms with Gasteiger partial charge in [0.1, 0.15) is 12.1 Å². The third-order valence-electron chi connectivity index (χ3n) is 1.78. The summed E-state index contributed by atoms with van der Waals surface area (Å²) >= 11 is 4.04. The van der Waals surface area contributed by atoms with Gasteiger partial charge in [0, 0.05) is 5.75 Å². The predicted octanol–water partition coefficient (Wildman–Crippen LogP) is 0.238. The molecule has 0 aromatic rings. The summed E-state index contributed by atoms with van der Waals surface area (Å²) in [6.45, 7) is 4.31. The molecule has 1 aliphatic heterocycles. The van der Waals surface area contributed by atoms with E-state index < -0.39 is 6.04 Å². The fraction of sp³-hybridized carbons (Fsp3) is 0.750. The SMILES string of the molecule is CCOC1=N[C@@H](CS)C(=O)NC1C. The van der Waals surface area contributed by atoms with Gasteiger partial charge in [-0.3, -0.25) is 4.79 Å². The second kappa shape index (κ2) is 4.50. The summed E-state index contributed by atoms with van der Waals surface area (Å²) in [5.41, 5.74) is 0. The largest absolute Gasteiger partial charge is 0.480 e. The van der Waals surface area contributed by atoms with Gasteiger partial charge in [0.15, 0.2) is 0 Å². The summed E-state index contributed by atoms with van der Waals surface area (Å²) in [5, 5.41) is 2.77. The lowest BCUT2D eigenvalue weighted by atomic mass is 10.2. The van der Waals surface area contributed by atoms with Crippen LogP contribution in [0.1, 0.15) is 13.8 Å². The average molecular weight is 202 g/mol. The van der Waals surface area contributed by atoms with Crippen molar-refractivity contribution in [1.82, 2.24) is 5.32 Å². The molecule has 5 heteroatoms. The highest BCUT2D eigenvalue weighted by molar-refractivity contribution is 7.80. The van der Waals surface area contributed by atoms with Crippen LogP contribution in [0.2, 0.25) is 0 Å². The standard InChI is InChI=1S/C8H14N2O2S/c1-3-12-8-5(2)9-7(11)6(4-13)10-8/h5-6,13H,3-4H2,1-2H3,(H,9,11)/t5?,6-/m0/s1. The van der Waals surface area contributed by atoms with E-state index in [2.05, 4.69) is 22.9 Å². The molecular formula is C8H14N2O2S. The summed E-state index contributed by atoms with van der Waals surface area (Å²) < 4.78 is 5.28. The van der Waals surface area contributed by atoms with Crippen molar-refractivity contribution in [2.75, 3.05) is 12.4 Å². The van der Waals surface area contributed by atoms with Gasteiger partial charge in [-0.1, -0.05) is 0 Å². The zero-order chi connectivity index (χ0) is 9.84. The van der Waals surface area contributed by atoms with E-state index in [1.54, 1.807) is 0 Å². The van der Waals surface area contributed by atoms with Crippen molar-refractivity contribution in [3.63, 3.8) is 0 Å². The first-order chi connectivity index (χ1) is 6.19. The molecule has 0 spiro atoms. The molecule has 1 aliphatic rings. The number of hydrogen-bond acceptors (Lipinski definition) is 4. The third kappa shape index (κ3) is 2.37. The van der Waals surface area contributed by atoms with E-state index in [1.807, 2.05) is 13.8 Å². The monoisotopic (exact) mass is 202 g/mol. The third-order valence-corrected chi connectivity index (χ3v) is 2.13. The minimum absolute atomic E-state index is 0.0778. The quantitative estimate of drug-likeness (QED) is 0.630. The number of aliphatic imine (C=N–C) groups is 1. The Balaban J connectivity index is 2.74. The number of nitrogens with zero attached hydrogens (tertiary/aromatic N) is 1. The Labute approximate surface area is 83.2 Å². The zero-order valence-electron chi connectivity index (χ0n) is 7.78. The lowest BCUT2D eigenvalue weighted by molar-refractivity contribution is -0.122. The topological polar surface area (TPSA) is 50.7 Å². The van der Waals surface area contributed by atoms with Crippen molar-refractivity contribution in [3.8, 4) is 0 Å². The van der Waals surface area contributed by atoms with E-state index in [0.717, 1.165) is 0 Å². The molecule has 0 saturated heterocycles. The summed E-state index contributed by atoms with van der Waals surface area (Å²) in [6.07, 6.45) is 0. The lowest BCUT2D eigenvalue weighted by Crippen LogP contribution is -2.49. The number of thiol groups is 1. The fourth-order valence-corrected chi connectivity index (χ4v) is 1.38. The minimum Gasteiger partial charge on any atom is -0.480 e. The van der Waals surface area contributed by atoms with Crippen LogP contribution < -0.4 is 5.32 Å². The van der Waals surface area contributed by atoms with E-state index >= 15 is 0 Å². The number of ether oxygens (including phenoxy) is 1. The van der Waals surface area contributed by atoms with Gasteiger partial charge >= 0.3 is 0 Å². The Morgan fingerprint density at radius 1 is 1.69 bits per heavy atom. The van der Waals surface area contributed by atoms with Crippen molar-refractivity contribution in [3.05, 3.63) is 0 Å². The fourth-order valence-electron chi connectivity index (χ4n) is 1.13. The van der Waals surface area contributed by atoms with Gasteiger partial charge in [-0.2, -0.15) is 12.6 Å². The molecule has 1 N–H and O–H groups in total. The summed E-state index contributed by atoms with van der Waals surface area (Å²) in [5.74, 6) is 0.932. The van der Waals surface area contributed by atoms with Crippen LogP contribution in [-0.4, -0.2) is 36.2 Å². The number of carbonyl (C=O) groups is 1. The van der Waals surface area contributed by atoms with E-state index in [4.69, 9.17) is 4.74 Å². The first kappa shape index (κ1) is 10.4. The van der Waals surface area contributed by atoms with E-state index in [9.17, 15) is 4.79 Å². The molecule has 1 unspecified atom stereocenters. The van der Waals surface area contributed by atoms with Crippen LogP contribution >= 0.6 is 12.6 Å². The Morgan fingerprint density at radius 3 is 2.92 bits per heavy atom. The van der Waals surface area contributed by atoms with Gasteiger partial charge in [0.25, 0.3) is 0 Å². The Morgan fingerprint density at radius 2 is 2.38 bits per heavy atom. The minimum atomic E-state index is -0.402. The molecule has 0 aromatic carbocycles. The van der Waals surface area contributed by atoms with Crippen LogP contribution in [0.3, 0.4) is 0 Å². The molecule has 1 rings (SSSR count). The Bertz CT molecular complexity index is 230. The molecular weight excluding hydrogens is 188 g/mol. The van der Waals surface area contributed by atoms with Crippen LogP contribution in [-0.2, 0) is 9.53 Å². The normalized spacial score (nSPS) is 27.9. The van der Waals surface area contributed by atoms with Crippen molar-refractivity contribution >= 4 is 24.4 Å². The van der Waals surface area contributed by atoms with Crippen molar-refractivity contribution in [2.45, 2.75) is 25.9 Å². The van der Waals surface area contributed by atoms with Crippen LogP contribution in [0.25, 0.3) is 0 Å². The molecule has 74 valence electrons. The number of hydrogen-bond donors (Lipinski definition) is 2. The molecule has 0 fully saturated rings. The highest BCUT2D eigenvalue weighted by atomic mass is 32.1. The smallest absolute Gasteiger partial charge is 0.246 e. The molecule has 0 bridgehead atoms. The first-order valence-electron chi connectivity index (χ1n) is 4.30. The molecule has 2 atom stereocenters. The van der Waals surface area contributed by atoms with Crippen LogP contribution in [0.5, 0.6) is 0 Å². The number of carbonyl (C=O) groups excluding carboxylic acids is 1. The molecule has 0 saturated carbocycles. The second-order valence-corrected chi connectivity index (χ2v) is 3.19. The van der Waals surface area contributed by atoms with Crippen LogP contribution in [0.4, 0.5) is 0 Å². The van der Waals surface area contributed by atoms with Gasteiger partial charge in [0.2, 0.25) is 11.8 Å². The molecule has 4 nitrogen and oxygen atoms in total. The molecule has 1 heterocycles. The maximum Gasteiger partial charge on any atom is 0.246 e. The maximum absolute atomic E-state index is 11.3. The van der Waals surface area contributed by atoms with E-state index in [0.29, 0.717) is 18.3 Å². The van der Waals surface area contributed by atoms with Crippen molar-refractivity contribution < 1.29 is 9.53 Å². The molecule has 13 heavy (non-hydrogen) atoms. The Kier molecular flexibility index (Phi) is 3.59. The Hall–Kier alpha value is -0.710. The molecule has 0 radical (unpaired) electrons. The van der Waals surface area contributed by atoms with Gasteiger partial charge in [-0.05, 0) is 13.8 Å². The summed E-state index contributed by atoms with van der Waals surface area (Å²) in [4.78, 5) is 15.4. The summed E-state index contributed by atoms with van der Waals surface area (Å²) in [6, 6.07) is -0.523. The zero-order valence-corrected chi connectivity index (χ0v) is 8.67. The first-order valence-corrected chi connectivity index (χ1v) is 4.94. The second-order valence-electron chi connectivity index (χ2n) is 2.83. The van der Waals surface area contributed by atoms with E-state index in [1.165, 1.54) is 0 Å². The van der Waals surface area contributed by atoms with Gasteiger partial charge < -0.3 is 10.1 Å². The molecule has 1 amide bonds. The van der Waals surface area contributed by atoms with Crippen molar-refractivity contribution in [1.29, 1.82) is 0 Å². The number of amides is 1. The highest BCUT2D eigenvalue weighted by Gasteiger charge is 2.27. The van der Waals surface area contributed by atoms with Gasteiger partial charge in [0.05, 0.1) is 6.61 Å². The van der Waals surface area contributed by atoms with Crippen molar-refractivity contribution in [2.24, 2.45) is 4.99 Å². The van der Waals surface area contributed by atoms with Crippen LogP contribution in [0, 0.1) is 0 Å². The van der Waals surface area contributed by atoms with Gasteiger partial charge in [-0.25, -0.2) is 4.99 Å². The maximum atomic E-state index is 11.3. The lowest BCUT2D eigenvalue weighted by Gasteiger charge is -2.24. The molecule has 0 aliphatic carbocycles. The van der Waals surface area contributed by atoms with Crippen LogP contribution in [0.15, 0.2) is 4.99 Å². The predicted molar refractivity (Wildman–Crippen MR) is 54.3 cm³/mol. The average Bonchev–Trinajstić information content (AvgIpc) is 2.10. The number of nitrogens with one attached hydrogen (secondary N) is 1. The summed E-state index contributed by atoms with van der Waals surface area (Å²) in [7, 11) is 0. The van der Waals surface area contributed by atoms with E-state index in [-0.39, 0.29) is 11.9 Å². The molecule has 0 aromatic heterocycles.